The summed E-state index contributed by atoms with van der Waals surface area (Å²) in [6, 6.07) is 0. The van der Waals surface area contributed by atoms with Crippen LogP contribution in [0.3, 0.4) is 0 Å². The number of nitrogens with two attached hydrogens (primary N) is 1. The summed E-state index contributed by atoms with van der Waals surface area (Å²) in [6.45, 7) is 2.87. The minimum atomic E-state index is -0.110. The third-order valence-corrected chi connectivity index (χ3v) is 5.55. The molecule has 27 heavy (non-hydrogen) atoms. The van der Waals surface area contributed by atoms with Crippen LogP contribution in [0.4, 0.5) is 11.1 Å². The third-order valence-electron chi connectivity index (χ3n) is 3.75. The van der Waals surface area contributed by atoms with Crippen LogP contribution in [0, 0.1) is 5.41 Å². The minimum absolute atomic E-state index is 0.0513. The Labute approximate surface area is 167 Å². The fraction of sp³-hybridized carbons (Fsp3) is 0.529. The van der Waals surface area contributed by atoms with Gasteiger partial charge in [0.1, 0.15) is 0 Å². The smallest absolute Gasteiger partial charge is 0.255 e. The van der Waals surface area contributed by atoms with Gasteiger partial charge in [0.15, 0.2) is 11.1 Å². The van der Waals surface area contributed by atoms with Crippen molar-refractivity contribution in [2.75, 3.05) is 22.9 Å². The molecule has 0 aliphatic carbocycles. The Kier molecular flexibility index (Phi) is 9.12. The number of unbranched alkanes of at least 4 members (excludes halogenated alkanes) is 3. The van der Waals surface area contributed by atoms with Crippen molar-refractivity contribution in [2.45, 2.75) is 44.8 Å². The molecule has 0 spiro atoms. The van der Waals surface area contributed by atoms with E-state index in [2.05, 4.69) is 32.5 Å². The van der Waals surface area contributed by atoms with Crippen LogP contribution in [0.15, 0.2) is 16.4 Å². The van der Waals surface area contributed by atoms with E-state index in [1.54, 1.807) is 18.0 Å². The first-order chi connectivity index (χ1) is 13.1. The van der Waals surface area contributed by atoms with Gasteiger partial charge in [0.2, 0.25) is 5.95 Å². The molecule has 0 amide bonds. The van der Waals surface area contributed by atoms with E-state index in [0.29, 0.717) is 17.6 Å². The van der Waals surface area contributed by atoms with Crippen LogP contribution in [-0.2, 0) is 12.2 Å². The highest BCUT2D eigenvalue weighted by Crippen LogP contribution is 2.19. The Morgan fingerprint density at radius 1 is 1.41 bits per heavy atom. The summed E-state index contributed by atoms with van der Waals surface area (Å²) in [5.41, 5.74) is 6.93. The highest BCUT2D eigenvalue weighted by Gasteiger charge is 2.04. The normalized spacial score (nSPS) is 10.7. The van der Waals surface area contributed by atoms with Gasteiger partial charge >= 0.3 is 0 Å². The maximum Gasteiger partial charge on any atom is 0.255 e. The molecular weight excluding hydrogens is 382 g/mol. The lowest BCUT2D eigenvalue weighted by Crippen LogP contribution is -2.20. The van der Waals surface area contributed by atoms with Gasteiger partial charge in [-0.05, 0) is 12.8 Å². The number of hydrogen-bond donors (Lipinski definition) is 5. The molecule has 0 radical (unpaired) electrons. The minimum Gasteiger partial charge on any atom is -0.370 e. The number of aromatic amines is 1. The van der Waals surface area contributed by atoms with Crippen LogP contribution in [0.5, 0.6) is 0 Å². The third kappa shape index (κ3) is 8.00. The van der Waals surface area contributed by atoms with Crippen molar-refractivity contribution < 1.29 is 0 Å². The number of H-pyrrole nitrogens is 1. The Bertz CT molecular complexity index is 775. The van der Waals surface area contributed by atoms with Gasteiger partial charge in [0.05, 0.1) is 5.69 Å². The molecule has 0 aliphatic rings. The van der Waals surface area contributed by atoms with E-state index in [4.69, 9.17) is 11.1 Å². The van der Waals surface area contributed by atoms with Gasteiger partial charge in [-0.15, -0.1) is 11.3 Å². The zero-order valence-corrected chi connectivity index (χ0v) is 17.1. The van der Waals surface area contributed by atoms with Crippen LogP contribution in [0.1, 0.15) is 43.9 Å². The van der Waals surface area contributed by atoms with E-state index in [1.165, 1.54) is 24.2 Å². The molecule has 0 saturated carbocycles. The molecule has 148 valence electrons. The number of nitrogens with one attached hydrogen (secondary N) is 4. The van der Waals surface area contributed by atoms with Crippen LogP contribution in [0.2, 0.25) is 0 Å². The van der Waals surface area contributed by atoms with Crippen molar-refractivity contribution in [3.8, 4) is 0 Å². The average molecular weight is 410 g/mol. The largest absolute Gasteiger partial charge is 0.370 e. The van der Waals surface area contributed by atoms with Crippen molar-refractivity contribution in [3.05, 3.63) is 33.2 Å². The number of guanidine groups is 1. The first-order valence-electron chi connectivity index (χ1n) is 9.03. The summed E-state index contributed by atoms with van der Waals surface area (Å²) < 4.78 is 0. The number of aryl methyl sites for hydroxylation is 1. The second kappa shape index (κ2) is 11.6. The number of nitrogens with zero attached hydrogens (tertiary/aromatic N) is 2. The molecule has 6 N–H and O–H groups in total. The molecule has 0 bridgehead atoms. The van der Waals surface area contributed by atoms with Crippen molar-refractivity contribution >= 4 is 40.1 Å². The lowest BCUT2D eigenvalue weighted by atomic mass is 10.1. The molecule has 2 rings (SSSR count). The van der Waals surface area contributed by atoms with E-state index in [1.807, 2.05) is 5.38 Å². The fourth-order valence-corrected chi connectivity index (χ4v) is 3.97. The number of thioether (sulfide) groups is 1. The van der Waals surface area contributed by atoms with Crippen LogP contribution < -0.4 is 21.9 Å². The summed E-state index contributed by atoms with van der Waals surface area (Å²) in [7, 11) is 0. The number of rotatable bonds is 12. The van der Waals surface area contributed by atoms with Gasteiger partial charge in [0.25, 0.3) is 5.56 Å². The summed E-state index contributed by atoms with van der Waals surface area (Å²) in [5, 5.41) is 15.6. The van der Waals surface area contributed by atoms with Gasteiger partial charge in [-0.2, -0.15) is 11.8 Å². The molecular formula is C17H27N7OS2. The quantitative estimate of drug-likeness (QED) is 0.207. The Balaban J connectivity index is 1.66. The first-order valence-corrected chi connectivity index (χ1v) is 11.1. The Morgan fingerprint density at radius 2 is 2.26 bits per heavy atom. The Morgan fingerprint density at radius 3 is 3.00 bits per heavy atom. The molecule has 2 heterocycles. The van der Waals surface area contributed by atoms with E-state index in [9.17, 15) is 4.79 Å². The molecule has 2 aromatic heterocycles. The van der Waals surface area contributed by atoms with Crippen molar-refractivity contribution in [3.63, 3.8) is 0 Å². The lowest BCUT2D eigenvalue weighted by Gasteiger charge is -2.06. The maximum atomic E-state index is 12.1. The zero-order chi connectivity index (χ0) is 19.5. The van der Waals surface area contributed by atoms with E-state index in [0.717, 1.165) is 42.0 Å². The van der Waals surface area contributed by atoms with Crippen LogP contribution in [-0.4, -0.2) is 33.2 Å². The first kappa shape index (κ1) is 21.2. The zero-order valence-electron chi connectivity index (χ0n) is 15.5. The summed E-state index contributed by atoms with van der Waals surface area (Å²) in [4.78, 5) is 23.5. The number of aromatic nitrogens is 3. The predicted molar refractivity (Wildman–Crippen MR) is 115 cm³/mol. The van der Waals surface area contributed by atoms with E-state index >= 15 is 0 Å². The summed E-state index contributed by atoms with van der Waals surface area (Å²) in [5.74, 6) is 2.04. The molecule has 0 unspecified atom stereocenters. The Hall–Kier alpha value is -2.07. The van der Waals surface area contributed by atoms with Gasteiger partial charge < -0.3 is 16.4 Å². The molecule has 0 saturated heterocycles. The molecule has 2 aromatic rings. The highest BCUT2D eigenvalue weighted by molar-refractivity contribution is 7.98. The van der Waals surface area contributed by atoms with E-state index < -0.39 is 0 Å². The molecule has 8 nitrogen and oxygen atoms in total. The fourth-order valence-electron chi connectivity index (χ4n) is 2.40. The summed E-state index contributed by atoms with van der Waals surface area (Å²) >= 11 is 3.16. The van der Waals surface area contributed by atoms with Crippen molar-refractivity contribution in [1.29, 1.82) is 5.41 Å². The average Bonchev–Trinajstić information content (AvgIpc) is 3.06. The molecule has 0 aliphatic heterocycles. The SMILES string of the molecule is CCCCCCc1cnc(NCCSCc2csc(NC(=N)N)n2)[nH]c1=O. The molecule has 0 aromatic carbocycles. The lowest BCUT2D eigenvalue weighted by molar-refractivity contribution is 0.663. The second-order valence-corrected chi connectivity index (χ2v) is 8.02. The number of hydrogen-bond acceptors (Lipinski definition) is 7. The molecule has 0 fully saturated rings. The van der Waals surface area contributed by atoms with Gasteiger partial charge in [-0.1, -0.05) is 26.2 Å². The standard InChI is InChI=1S/C17H27N7OS2/c1-2-3-4-5-6-12-9-21-16(23-14(12)25)20-7-8-26-10-13-11-27-17(22-13)24-15(18)19/h9,11H,2-8,10H2,1H3,(H4,18,19,22,24)(H2,20,21,23,25). The topological polar surface area (TPSA) is 133 Å². The van der Waals surface area contributed by atoms with Crippen LogP contribution in [0.25, 0.3) is 0 Å². The monoisotopic (exact) mass is 409 g/mol. The van der Waals surface area contributed by atoms with Gasteiger partial charge in [0, 0.05) is 35.2 Å². The molecule has 10 heteroatoms. The maximum absolute atomic E-state index is 12.1. The number of anilines is 2. The highest BCUT2D eigenvalue weighted by atomic mass is 32.2. The second-order valence-electron chi connectivity index (χ2n) is 6.06. The van der Waals surface area contributed by atoms with Gasteiger partial charge in [-0.25, -0.2) is 9.97 Å². The number of thiazole rings is 1. The van der Waals surface area contributed by atoms with Crippen LogP contribution >= 0.6 is 23.1 Å². The summed E-state index contributed by atoms with van der Waals surface area (Å²) in [6.07, 6.45) is 7.04. The molecule has 0 atom stereocenters. The predicted octanol–water partition coefficient (Wildman–Crippen LogP) is 3.00. The van der Waals surface area contributed by atoms with Crippen molar-refractivity contribution in [2.24, 2.45) is 5.73 Å². The van der Waals surface area contributed by atoms with Gasteiger partial charge in [-0.3, -0.25) is 15.2 Å². The van der Waals surface area contributed by atoms with Crippen molar-refractivity contribution in [1.82, 2.24) is 15.0 Å². The van der Waals surface area contributed by atoms with E-state index in [-0.39, 0.29) is 11.5 Å².